The Balaban J connectivity index is 2.05. The molecule has 1 unspecified atom stereocenters. The third-order valence-electron chi connectivity index (χ3n) is 3.44. The van der Waals surface area contributed by atoms with Crippen molar-refractivity contribution in [1.82, 2.24) is 0 Å². The molecule has 1 aliphatic rings. The largest absolute Gasteiger partial charge is 0.381 e. The zero-order chi connectivity index (χ0) is 13.7. The zero-order valence-electron chi connectivity index (χ0n) is 10.9. The van der Waals surface area contributed by atoms with Gasteiger partial charge in [0.15, 0.2) is 0 Å². The summed E-state index contributed by atoms with van der Waals surface area (Å²) in [7, 11) is 0. The lowest BCUT2D eigenvalue weighted by atomic mass is 9.91. The first kappa shape index (κ1) is 14.0. The Morgan fingerprint density at radius 2 is 1.95 bits per heavy atom. The predicted octanol–water partition coefficient (Wildman–Crippen LogP) is 0.522. The van der Waals surface area contributed by atoms with E-state index < -0.39 is 11.4 Å². The highest BCUT2D eigenvalue weighted by atomic mass is 16.5. The predicted molar refractivity (Wildman–Crippen MR) is 71.3 cm³/mol. The van der Waals surface area contributed by atoms with Gasteiger partial charge in [-0.2, -0.15) is 0 Å². The molecule has 2 rings (SSSR count). The highest BCUT2D eigenvalue weighted by Gasteiger charge is 2.35. The molecule has 19 heavy (non-hydrogen) atoms. The van der Waals surface area contributed by atoms with E-state index in [-0.39, 0.29) is 12.7 Å². The standard InChI is InChI=1S/C14H20N2O3/c15-13(17)14(16,11-4-2-1-3-5-11)10-19-12-6-8-18-9-7-12/h1-5,12H,6-10,16H2,(H2,15,17). The average molecular weight is 264 g/mol. The fourth-order valence-electron chi connectivity index (χ4n) is 2.12. The highest BCUT2D eigenvalue weighted by Crippen LogP contribution is 2.21. The van der Waals surface area contributed by atoms with Gasteiger partial charge in [-0.05, 0) is 18.4 Å². The van der Waals surface area contributed by atoms with Gasteiger partial charge in [0.2, 0.25) is 5.91 Å². The summed E-state index contributed by atoms with van der Waals surface area (Å²) >= 11 is 0. The summed E-state index contributed by atoms with van der Waals surface area (Å²) < 4.78 is 11.0. The van der Waals surface area contributed by atoms with Gasteiger partial charge in [0.25, 0.3) is 0 Å². The molecule has 0 radical (unpaired) electrons. The smallest absolute Gasteiger partial charge is 0.244 e. The molecule has 104 valence electrons. The fourth-order valence-corrected chi connectivity index (χ4v) is 2.12. The van der Waals surface area contributed by atoms with Gasteiger partial charge >= 0.3 is 0 Å². The number of primary amides is 1. The van der Waals surface area contributed by atoms with Crippen LogP contribution in [-0.2, 0) is 19.8 Å². The summed E-state index contributed by atoms with van der Waals surface area (Å²) in [6.45, 7) is 1.46. The van der Waals surface area contributed by atoms with E-state index >= 15 is 0 Å². The lowest BCUT2D eigenvalue weighted by molar-refractivity contribution is -0.128. The number of carbonyl (C=O) groups excluding carboxylic acids is 1. The molecule has 0 bridgehead atoms. The minimum atomic E-state index is -1.28. The molecule has 1 atom stereocenters. The van der Waals surface area contributed by atoms with Crippen molar-refractivity contribution in [3.05, 3.63) is 35.9 Å². The number of benzene rings is 1. The second kappa shape index (κ2) is 6.14. The molecule has 1 aliphatic heterocycles. The van der Waals surface area contributed by atoms with Gasteiger partial charge in [-0.25, -0.2) is 0 Å². The van der Waals surface area contributed by atoms with Crippen molar-refractivity contribution in [2.24, 2.45) is 11.5 Å². The lowest BCUT2D eigenvalue weighted by Crippen LogP contribution is -2.53. The maximum atomic E-state index is 11.7. The molecule has 1 amide bonds. The van der Waals surface area contributed by atoms with E-state index in [4.69, 9.17) is 20.9 Å². The summed E-state index contributed by atoms with van der Waals surface area (Å²) in [5, 5.41) is 0. The Kier molecular flexibility index (Phi) is 4.52. The topological polar surface area (TPSA) is 87.6 Å². The number of amides is 1. The molecule has 5 heteroatoms. The number of nitrogens with two attached hydrogens (primary N) is 2. The minimum Gasteiger partial charge on any atom is -0.381 e. The van der Waals surface area contributed by atoms with Gasteiger partial charge in [0, 0.05) is 13.2 Å². The maximum Gasteiger partial charge on any atom is 0.244 e. The maximum absolute atomic E-state index is 11.7. The van der Waals surface area contributed by atoms with Crippen LogP contribution in [0.15, 0.2) is 30.3 Å². The average Bonchev–Trinajstić information content (AvgIpc) is 2.46. The van der Waals surface area contributed by atoms with E-state index in [1.807, 2.05) is 18.2 Å². The van der Waals surface area contributed by atoms with Crippen LogP contribution >= 0.6 is 0 Å². The van der Waals surface area contributed by atoms with Crippen LogP contribution in [0.1, 0.15) is 18.4 Å². The van der Waals surface area contributed by atoms with E-state index in [0.717, 1.165) is 12.8 Å². The van der Waals surface area contributed by atoms with Gasteiger partial charge in [0.05, 0.1) is 12.7 Å². The van der Waals surface area contributed by atoms with Gasteiger partial charge in [-0.15, -0.1) is 0 Å². The molecular weight excluding hydrogens is 244 g/mol. The summed E-state index contributed by atoms with van der Waals surface area (Å²) in [5.74, 6) is -0.578. The molecule has 1 heterocycles. The molecule has 0 saturated carbocycles. The van der Waals surface area contributed by atoms with Crippen LogP contribution in [0.5, 0.6) is 0 Å². The Hall–Kier alpha value is -1.43. The van der Waals surface area contributed by atoms with Crippen molar-refractivity contribution in [3.8, 4) is 0 Å². The Labute approximate surface area is 112 Å². The van der Waals surface area contributed by atoms with Crippen molar-refractivity contribution in [2.75, 3.05) is 19.8 Å². The molecular formula is C14H20N2O3. The third-order valence-corrected chi connectivity index (χ3v) is 3.44. The van der Waals surface area contributed by atoms with Crippen molar-refractivity contribution >= 4 is 5.91 Å². The summed E-state index contributed by atoms with van der Waals surface area (Å²) in [6, 6.07) is 9.10. The first-order valence-corrected chi connectivity index (χ1v) is 6.46. The summed E-state index contributed by atoms with van der Waals surface area (Å²) in [6.07, 6.45) is 1.73. The van der Waals surface area contributed by atoms with Crippen LogP contribution < -0.4 is 11.5 Å². The van der Waals surface area contributed by atoms with Crippen molar-refractivity contribution in [2.45, 2.75) is 24.5 Å². The quantitative estimate of drug-likeness (QED) is 0.811. The minimum absolute atomic E-state index is 0.0831. The number of carbonyl (C=O) groups is 1. The number of hydrogen-bond acceptors (Lipinski definition) is 4. The van der Waals surface area contributed by atoms with Gasteiger partial charge in [0.1, 0.15) is 5.54 Å². The fraction of sp³-hybridized carbons (Fsp3) is 0.500. The van der Waals surface area contributed by atoms with Crippen LogP contribution in [0.25, 0.3) is 0 Å². The first-order valence-electron chi connectivity index (χ1n) is 6.46. The van der Waals surface area contributed by atoms with Gasteiger partial charge < -0.3 is 20.9 Å². The lowest BCUT2D eigenvalue weighted by Gasteiger charge is -2.30. The van der Waals surface area contributed by atoms with E-state index in [9.17, 15) is 4.79 Å². The number of ether oxygens (including phenoxy) is 2. The molecule has 1 saturated heterocycles. The normalized spacial score (nSPS) is 19.8. The monoisotopic (exact) mass is 264 g/mol. The van der Waals surface area contributed by atoms with E-state index in [2.05, 4.69) is 0 Å². The molecule has 1 aromatic carbocycles. The SMILES string of the molecule is NC(=O)C(N)(COC1CCOCC1)c1ccccc1. The van der Waals surface area contributed by atoms with Crippen molar-refractivity contribution < 1.29 is 14.3 Å². The van der Waals surface area contributed by atoms with Crippen molar-refractivity contribution in [3.63, 3.8) is 0 Å². The van der Waals surface area contributed by atoms with Gasteiger partial charge in [-0.1, -0.05) is 30.3 Å². The number of rotatable bonds is 5. The second-order valence-electron chi connectivity index (χ2n) is 4.82. The van der Waals surface area contributed by atoms with E-state index in [1.54, 1.807) is 12.1 Å². The van der Waals surface area contributed by atoms with Crippen LogP contribution in [0.3, 0.4) is 0 Å². The Morgan fingerprint density at radius 1 is 1.32 bits per heavy atom. The molecule has 0 spiro atoms. The van der Waals surface area contributed by atoms with Crippen LogP contribution in [0.4, 0.5) is 0 Å². The molecule has 4 N–H and O–H groups in total. The van der Waals surface area contributed by atoms with Crippen LogP contribution in [-0.4, -0.2) is 31.8 Å². The highest BCUT2D eigenvalue weighted by molar-refractivity contribution is 5.86. The Morgan fingerprint density at radius 3 is 2.53 bits per heavy atom. The summed E-state index contributed by atoms with van der Waals surface area (Å²) in [5.41, 5.74) is 11.0. The van der Waals surface area contributed by atoms with E-state index in [1.165, 1.54) is 0 Å². The number of hydrogen-bond donors (Lipinski definition) is 2. The van der Waals surface area contributed by atoms with Crippen LogP contribution in [0.2, 0.25) is 0 Å². The Bertz CT molecular complexity index is 418. The van der Waals surface area contributed by atoms with Crippen LogP contribution in [0, 0.1) is 0 Å². The molecule has 5 nitrogen and oxygen atoms in total. The second-order valence-corrected chi connectivity index (χ2v) is 4.82. The molecule has 0 aromatic heterocycles. The van der Waals surface area contributed by atoms with Gasteiger partial charge in [-0.3, -0.25) is 4.79 Å². The molecule has 0 aliphatic carbocycles. The third kappa shape index (κ3) is 3.32. The molecule has 1 fully saturated rings. The van der Waals surface area contributed by atoms with E-state index in [0.29, 0.717) is 18.8 Å². The zero-order valence-corrected chi connectivity index (χ0v) is 10.9. The summed E-state index contributed by atoms with van der Waals surface area (Å²) in [4.78, 5) is 11.7. The van der Waals surface area contributed by atoms with Crippen molar-refractivity contribution in [1.29, 1.82) is 0 Å². The first-order chi connectivity index (χ1) is 9.13. The molecule has 1 aromatic rings.